The van der Waals surface area contributed by atoms with Gasteiger partial charge in [-0.1, -0.05) is 0 Å². The Labute approximate surface area is 75.6 Å². The van der Waals surface area contributed by atoms with Crippen molar-refractivity contribution in [2.75, 3.05) is 17.6 Å². The Kier molecular flexibility index (Phi) is 2.71. The molecule has 8 heteroatoms. The summed E-state index contributed by atoms with van der Waals surface area (Å²) in [5.41, 5.74) is 0. The molecule has 0 saturated carbocycles. The second-order valence-electron chi connectivity index (χ2n) is 2.27. The van der Waals surface area contributed by atoms with Gasteiger partial charge < -0.3 is 4.74 Å². The number of nitrogens with one attached hydrogen (secondary N) is 2. The highest BCUT2D eigenvalue weighted by Crippen LogP contribution is 2.05. The number of aromatic nitrogens is 3. The monoisotopic (exact) mass is 206 g/mol. The van der Waals surface area contributed by atoms with Gasteiger partial charge >= 0.3 is 6.01 Å². The second kappa shape index (κ2) is 3.60. The third-order valence-corrected chi connectivity index (χ3v) is 1.58. The van der Waals surface area contributed by atoms with E-state index in [1.54, 1.807) is 6.92 Å². The quantitative estimate of drug-likeness (QED) is 0.697. The van der Waals surface area contributed by atoms with Gasteiger partial charge in [0.15, 0.2) is 0 Å². The van der Waals surface area contributed by atoms with Crippen LogP contribution in [0, 0.1) is 0 Å². The first-order valence-corrected chi connectivity index (χ1v) is 5.43. The average molecular weight is 206 g/mol. The summed E-state index contributed by atoms with van der Waals surface area (Å²) in [5.74, 6) is 0.0472. The maximum atomic E-state index is 10.7. The van der Waals surface area contributed by atoms with Crippen molar-refractivity contribution in [1.29, 1.82) is 0 Å². The van der Waals surface area contributed by atoms with Crippen molar-refractivity contribution in [3.8, 4) is 6.01 Å². The first-order valence-electron chi connectivity index (χ1n) is 3.54. The maximum Gasteiger partial charge on any atom is 0.337 e. The summed E-state index contributed by atoms with van der Waals surface area (Å²) < 4.78 is 28.5. The van der Waals surface area contributed by atoms with Crippen molar-refractivity contribution in [3.05, 3.63) is 0 Å². The molecule has 0 fully saturated rings. The van der Waals surface area contributed by atoms with Gasteiger partial charge in [0.1, 0.15) is 0 Å². The predicted octanol–water partition coefficient (Wildman–Crippen LogP) is -0.425. The number of hydrogen-bond donors (Lipinski definition) is 2. The van der Waals surface area contributed by atoms with Crippen molar-refractivity contribution in [1.82, 2.24) is 15.2 Å². The average Bonchev–Trinajstić information content (AvgIpc) is 2.33. The molecule has 2 N–H and O–H groups in total. The number of anilines is 1. The van der Waals surface area contributed by atoms with Crippen LogP contribution in [-0.2, 0) is 10.0 Å². The molecule has 0 aliphatic carbocycles. The van der Waals surface area contributed by atoms with Crippen LogP contribution in [0.25, 0.3) is 0 Å². The molecule has 0 aliphatic rings. The van der Waals surface area contributed by atoms with Crippen LogP contribution in [0.15, 0.2) is 0 Å². The normalized spacial score (nSPS) is 11.2. The summed E-state index contributed by atoms with van der Waals surface area (Å²) in [7, 11) is -3.32. The largest absolute Gasteiger partial charge is 0.463 e. The van der Waals surface area contributed by atoms with Gasteiger partial charge in [0.25, 0.3) is 0 Å². The SMILES string of the molecule is CCOc1n[nH]c(NS(C)(=O)=O)n1. The van der Waals surface area contributed by atoms with Crippen LogP contribution in [0.4, 0.5) is 5.95 Å². The summed E-state index contributed by atoms with van der Waals surface area (Å²) in [6.45, 7) is 2.20. The van der Waals surface area contributed by atoms with E-state index < -0.39 is 10.0 Å². The Morgan fingerprint density at radius 3 is 2.85 bits per heavy atom. The van der Waals surface area contributed by atoms with Crippen LogP contribution in [0.5, 0.6) is 6.01 Å². The van der Waals surface area contributed by atoms with Crippen molar-refractivity contribution in [2.45, 2.75) is 6.92 Å². The Bertz CT molecular complexity index is 371. The molecule has 74 valence electrons. The zero-order chi connectivity index (χ0) is 9.90. The van der Waals surface area contributed by atoms with Crippen molar-refractivity contribution < 1.29 is 13.2 Å². The Morgan fingerprint density at radius 1 is 1.62 bits per heavy atom. The Hall–Kier alpha value is -1.31. The number of aromatic amines is 1. The fourth-order valence-corrected chi connectivity index (χ4v) is 1.10. The molecule has 7 nitrogen and oxygen atoms in total. The molecule has 0 spiro atoms. The number of sulfonamides is 1. The minimum absolute atomic E-state index is 0.0472. The fourth-order valence-electron chi connectivity index (χ4n) is 0.661. The van der Waals surface area contributed by atoms with Crippen LogP contribution in [-0.4, -0.2) is 36.5 Å². The van der Waals surface area contributed by atoms with Crippen LogP contribution < -0.4 is 9.46 Å². The number of rotatable bonds is 4. The van der Waals surface area contributed by atoms with E-state index in [1.807, 2.05) is 0 Å². The van der Waals surface area contributed by atoms with E-state index >= 15 is 0 Å². The topological polar surface area (TPSA) is 97.0 Å². The van der Waals surface area contributed by atoms with Crippen molar-refractivity contribution >= 4 is 16.0 Å². The minimum atomic E-state index is -3.32. The lowest BCUT2D eigenvalue weighted by Crippen LogP contribution is -2.10. The standard InChI is InChI=1S/C5H10N4O3S/c1-3-12-5-6-4(7-8-5)9-13(2,10)11/h3H2,1-2H3,(H2,6,7,8,9). The molecular weight excluding hydrogens is 196 g/mol. The van der Waals surface area contributed by atoms with E-state index in [0.717, 1.165) is 6.26 Å². The Balaban J connectivity index is 2.69. The molecule has 0 atom stereocenters. The van der Waals surface area contributed by atoms with E-state index in [1.165, 1.54) is 0 Å². The van der Waals surface area contributed by atoms with Gasteiger partial charge in [-0.2, -0.15) is 4.98 Å². The number of H-pyrrole nitrogens is 1. The third-order valence-electron chi connectivity index (χ3n) is 1.02. The van der Waals surface area contributed by atoms with Gasteiger partial charge in [-0.05, 0) is 6.92 Å². The van der Waals surface area contributed by atoms with E-state index in [9.17, 15) is 8.42 Å². The third kappa shape index (κ3) is 3.28. The minimum Gasteiger partial charge on any atom is -0.463 e. The summed E-state index contributed by atoms with van der Waals surface area (Å²) >= 11 is 0. The molecule has 0 saturated heterocycles. The summed E-state index contributed by atoms with van der Waals surface area (Å²) in [5, 5.41) is 5.98. The van der Waals surface area contributed by atoms with E-state index in [4.69, 9.17) is 4.74 Å². The van der Waals surface area contributed by atoms with Crippen molar-refractivity contribution in [2.24, 2.45) is 0 Å². The molecule has 13 heavy (non-hydrogen) atoms. The number of nitrogens with zero attached hydrogens (tertiary/aromatic N) is 2. The molecule has 0 aliphatic heterocycles. The lowest BCUT2D eigenvalue weighted by molar-refractivity contribution is 0.314. The molecule has 0 bridgehead atoms. The first-order chi connectivity index (χ1) is 6.01. The summed E-state index contributed by atoms with van der Waals surface area (Å²) in [6.07, 6.45) is 1.02. The lowest BCUT2D eigenvalue weighted by atomic mass is 10.9. The first kappa shape index (κ1) is 9.78. The van der Waals surface area contributed by atoms with Gasteiger partial charge in [-0.15, -0.1) is 5.10 Å². The Morgan fingerprint density at radius 2 is 2.31 bits per heavy atom. The van der Waals surface area contributed by atoms with E-state index in [2.05, 4.69) is 19.9 Å². The van der Waals surface area contributed by atoms with Crippen LogP contribution >= 0.6 is 0 Å². The molecule has 0 aromatic carbocycles. The van der Waals surface area contributed by atoms with Crippen LogP contribution in [0.3, 0.4) is 0 Å². The summed E-state index contributed by atoms with van der Waals surface area (Å²) in [6, 6.07) is 0.119. The maximum absolute atomic E-state index is 10.7. The zero-order valence-corrected chi connectivity index (χ0v) is 8.05. The van der Waals surface area contributed by atoms with Gasteiger partial charge in [-0.25, -0.2) is 13.5 Å². The second-order valence-corrected chi connectivity index (χ2v) is 4.02. The van der Waals surface area contributed by atoms with E-state index in [0.29, 0.717) is 6.61 Å². The predicted molar refractivity (Wildman–Crippen MR) is 46.0 cm³/mol. The van der Waals surface area contributed by atoms with Gasteiger partial charge in [0.05, 0.1) is 12.9 Å². The van der Waals surface area contributed by atoms with E-state index in [-0.39, 0.29) is 12.0 Å². The number of ether oxygens (including phenoxy) is 1. The van der Waals surface area contributed by atoms with Gasteiger partial charge in [-0.3, -0.25) is 4.72 Å². The van der Waals surface area contributed by atoms with Crippen molar-refractivity contribution in [3.63, 3.8) is 0 Å². The molecule has 1 aromatic rings. The molecule has 0 radical (unpaired) electrons. The molecule has 1 rings (SSSR count). The highest BCUT2D eigenvalue weighted by molar-refractivity contribution is 7.91. The molecule has 1 heterocycles. The highest BCUT2D eigenvalue weighted by atomic mass is 32.2. The zero-order valence-electron chi connectivity index (χ0n) is 7.23. The van der Waals surface area contributed by atoms with Gasteiger partial charge in [0, 0.05) is 0 Å². The molecule has 0 amide bonds. The molecular formula is C5H10N4O3S. The number of hydrogen-bond acceptors (Lipinski definition) is 5. The lowest BCUT2D eigenvalue weighted by Gasteiger charge is -1.95. The fraction of sp³-hybridized carbons (Fsp3) is 0.600. The van der Waals surface area contributed by atoms with Crippen LogP contribution in [0.1, 0.15) is 6.92 Å². The molecule has 1 aromatic heterocycles. The van der Waals surface area contributed by atoms with Gasteiger partial charge in [0.2, 0.25) is 16.0 Å². The van der Waals surface area contributed by atoms with Crippen LogP contribution in [0.2, 0.25) is 0 Å². The molecule has 0 unspecified atom stereocenters. The highest BCUT2D eigenvalue weighted by Gasteiger charge is 2.07. The summed E-state index contributed by atoms with van der Waals surface area (Å²) in [4.78, 5) is 3.71. The smallest absolute Gasteiger partial charge is 0.337 e.